The lowest BCUT2D eigenvalue weighted by molar-refractivity contribution is -0.144. The topological polar surface area (TPSA) is 58.6 Å². The van der Waals surface area contributed by atoms with Gasteiger partial charge in [0.05, 0.1) is 13.7 Å². The van der Waals surface area contributed by atoms with Gasteiger partial charge in [-0.3, -0.25) is 4.79 Å². The van der Waals surface area contributed by atoms with Crippen molar-refractivity contribution in [2.75, 3.05) is 20.3 Å². The minimum absolute atomic E-state index is 0.216. The number of carbonyl (C=O) groups excluding carboxylic acids is 1. The molecule has 0 aromatic carbocycles. The van der Waals surface area contributed by atoms with Crippen molar-refractivity contribution in [1.82, 2.24) is 5.32 Å². The Labute approximate surface area is 66.5 Å². The molecule has 0 bridgehead atoms. The van der Waals surface area contributed by atoms with Crippen molar-refractivity contribution in [1.29, 1.82) is 0 Å². The predicted molar refractivity (Wildman–Crippen MR) is 41.2 cm³/mol. The lowest BCUT2D eigenvalue weighted by atomic mass is 10.3. The molecule has 0 heterocycles. The molecule has 0 aliphatic rings. The van der Waals surface area contributed by atoms with E-state index in [-0.39, 0.29) is 6.61 Å². The standard InChI is InChI=1S/C7H15NO3/c1-3-4-8-6(5-9)7(10)11-2/h6,8-9H,3-5H2,1-2H3/t6-/m0/s1. The lowest BCUT2D eigenvalue weighted by Gasteiger charge is -2.12. The molecule has 4 heteroatoms. The number of methoxy groups -OCH3 is 1. The first-order chi connectivity index (χ1) is 5.26. The highest BCUT2D eigenvalue weighted by molar-refractivity contribution is 5.75. The van der Waals surface area contributed by atoms with Crippen LogP contribution < -0.4 is 5.32 Å². The van der Waals surface area contributed by atoms with Crippen LogP contribution in [0.25, 0.3) is 0 Å². The molecule has 0 rings (SSSR count). The molecule has 0 amide bonds. The van der Waals surface area contributed by atoms with E-state index >= 15 is 0 Å². The minimum atomic E-state index is -0.569. The molecule has 0 radical (unpaired) electrons. The van der Waals surface area contributed by atoms with Crippen molar-refractivity contribution in [3.05, 3.63) is 0 Å². The number of hydrogen-bond donors (Lipinski definition) is 2. The first-order valence-corrected chi connectivity index (χ1v) is 3.68. The fraction of sp³-hybridized carbons (Fsp3) is 0.857. The number of aliphatic hydroxyl groups excluding tert-OH is 1. The summed E-state index contributed by atoms with van der Waals surface area (Å²) in [5.41, 5.74) is 0. The van der Waals surface area contributed by atoms with Crippen molar-refractivity contribution in [2.24, 2.45) is 0 Å². The maximum atomic E-state index is 10.8. The predicted octanol–water partition coefficient (Wildman–Crippen LogP) is -0.480. The number of carbonyl (C=O) groups is 1. The molecule has 0 spiro atoms. The van der Waals surface area contributed by atoms with Crippen molar-refractivity contribution >= 4 is 5.97 Å². The van der Waals surface area contributed by atoms with Gasteiger partial charge in [-0.2, -0.15) is 0 Å². The van der Waals surface area contributed by atoms with Crippen LogP contribution >= 0.6 is 0 Å². The van der Waals surface area contributed by atoms with Gasteiger partial charge in [0.1, 0.15) is 6.04 Å². The Morgan fingerprint density at radius 1 is 1.73 bits per heavy atom. The van der Waals surface area contributed by atoms with Crippen LogP contribution in [0.15, 0.2) is 0 Å². The van der Waals surface area contributed by atoms with Crippen LogP contribution in [-0.4, -0.2) is 37.4 Å². The van der Waals surface area contributed by atoms with E-state index in [4.69, 9.17) is 5.11 Å². The normalized spacial score (nSPS) is 12.6. The van der Waals surface area contributed by atoms with Gasteiger partial charge < -0.3 is 15.2 Å². The number of nitrogens with one attached hydrogen (secondary N) is 1. The molecule has 0 saturated heterocycles. The summed E-state index contributed by atoms with van der Waals surface area (Å²) in [6.45, 7) is 2.48. The fourth-order valence-electron chi connectivity index (χ4n) is 0.683. The van der Waals surface area contributed by atoms with E-state index in [1.807, 2.05) is 6.92 Å². The van der Waals surface area contributed by atoms with Gasteiger partial charge >= 0.3 is 5.97 Å². The van der Waals surface area contributed by atoms with E-state index in [1.54, 1.807) is 0 Å². The molecule has 0 aliphatic heterocycles. The average molecular weight is 161 g/mol. The summed E-state index contributed by atoms with van der Waals surface area (Å²) in [5.74, 6) is -0.416. The third-order valence-electron chi connectivity index (χ3n) is 1.31. The van der Waals surface area contributed by atoms with E-state index in [0.717, 1.165) is 6.42 Å². The smallest absolute Gasteiger partial charge is 0.325 e. The number of esters is 1. The minimum Gasteiger partial charge on any atom is -0.468 e. The van der Waals surface area contributed by atoms with E-state index in [2.05, 4.69) is 10.1 Å². The molecule has 66 valence electrons. The van der Waals surface area contributed by atoms with Gasteiger partial charge in [0.2, 0.25) is 0 Å². The molecule has 4 nitrogen and oxygen atoms in total. The molecule has 0 unspecified atom stereocenters. The van der Waals surface area contributed by atoms with Gasteiger partial charge in [-0.05, 0) is 13.0 Å². The highest BCUT2D eigenvalue weighted by Crippen LogP contribution is 1.86. The number of hydrogen-bond acceptors (Lipinski definition) is 4. The van der Waals surface area contributed by atoms with Crippen LogP contribution in [0.4, 0.5) is 0 Å². The number of ether oxygens (including phenoxy) is 1. The second-order valence-electron chi connectivity index (χ2n) is 2.21. The van der Waals surface area contributed by atoms with Crippen LogP contribution in [0.1, 0.15) is 13.3 Å². The van der Waals surface area contributed by atoms with E-state index < -0.39 is 12.0 Å². The summed E-state index contributed by atoms with van der Waals surface area (Å²) in [5, 5.41) is 11.5. The van der Waals surface area contributed by atoms with Gasteiger partial charge in [0.25, 0.3) is 0 Å². The molecule has 1 atom stereocenters. The van der Waals surface area contributed by atoms with Gasteiger partial charge in [-0.1, -0.05) is 6.92 Å². The molecular formula is C7H15NO3. The zero-order valence-electron chi connectivity index (χ0n) is 6.96. The molecule has 11 heavy (non-hydrogen) atoms. The summed E-state index contributed by atoms with van der Waals surface area (Å²) in [4.78, 5) is 10.8. The highest BCUT2D eigenvalue weighted by atomic mass is 16.5. The average Bonchev–Trinajstić information content (AvgIpc) is 2.05. The largest absolute Gasteiger partial charge is 0.468 e. The Balaban J connectivity index is 3.65. The first kappa shape index (κ1) is 10.4. The van der Waals surface area contributed by atoms with Gasteiger partial charge in [0, 0.05) is 0 Å². The highest BCUT2D eigenvalue weighted by Gasteiger charge is 2.15. The van der Waals surface area contributed by atoms with Crippen molar-refractivity contribution in [2.45, 2.75) is 19.4 Å². The molecule has 0 aliphatic carbocycles. The van der Waals surface area contributed by atoms with E-state index in [1.165, 1.54) is 7.11 Å². The van der Waals surface area contributed by atoms with Crippen LogP contribution in [-0.2, 0) is 9.53 Å². The van der Waals surface area contributed by atoms with Crippen LogP contribution in [0, 0.1) is 0 Å². The second-order valence-corrected chi connectivity index (χ2v) is 2.21. The summed E-state index contributed by atoms with van der Waals surface area (Å²) in [6, 6.07) is -0.569. The molecule has 0 aromatic heterocycles. The second kappa shape index (κ2) is 6.12. The van der Waals surface area contributed by atoms with E-state index in [9.17, 15) is 4.79 Å². The molecule has 2 N–H and O–H groups in total. The van der Waals surface area contributed by atoms with Crippen LogP contribution in [0.3, 0.4) is 0 Å². The number of rotatable bonds is 5. The third kappa shape index (κ3) is 3.95. The third-order valence-corrected chi connectivity index (χ3v) is 1.31. The van der Waals surface area contributed by atoms with Gasteiger partial charge in [-0.15, -0.1) is 0 Å². The van der Waals surface area contributed by atoms with Crippen molar-refractivity contribution in [3.8, 4) is 0 Å². The first-order valence-electron chi connectivity index (χ1n) is 3.68. The lowest BCUT2D eigenvalue weighted by Crippen LogP contribution is -2.40. The Morgan fingerprint density at radius 3 is 2.73 bits per heavy atom. The van der Waals surface area contributed by atoms with Gasteiger partial charge in [0.15, 0.2) is 0 Å². The number of aliphatic hydroxyl groups is 1. The summed E-state index contributed by atoms with van der Waals surface area (Å²) in [7, 11) is 1.30. The monoisotopic (exact) mass is 161 g/mol. The molecule has 0 aromatic rings. The summed E-state index contributed by atoms with van der Waals surface area (Å²) >= 11 is 0. The molecule has 0 saturated carbocycles. The van der Waals surface area contributed by atoms with Crippen LogP contribution in [0.2, 0.25) is 0 Å². The Bertz CT molecular complexity index is 116. The Morgan fingerprint density at radius 2 is 2.36 bits per heavy atom. The maximum absolute atomic E-state index is 10.8. The Hall–Kier alpha value is -0.610. The van der Waals surface area contributed by atoms with Crippen molar-refractivity contribution < 1.29 is 14.6 Å². The molecular weight excluding hydrogens is 146 g/mol. The maximum Gasteiger partial charge on any atom is 0.325 e. The zero-order valence-corrected chi connectivity index (χ0v) is 6.96. The summed E-state index contributed by atoms with van der Waals surface area (Å²) in [6.07, 6.45) is 0.924. The van der Waals surface area contributed by atoms with Crippen molar-refractivity contribution in [3.63, 3.8) is 0 Å². The fourth-order valence-corrected chi connectivity index (χ4v) is 0.683. The van der Waals surface area contributed by atoms with Crippen LogP contribution in [0.5, 0.6) is 0 Å². The van der Waals surface area contributed by atoms with E-state index in [0.29, 0.717) is 6.54 Å². The SMILES string of the molecule is CCCN[C@@H](CO)C(=O)OC. The Kier molecular flexibility index (Phi) is 5.78. The zero-order chi connectivity index (χ0) is 8.69. The van der Waals surface area contributed by atoms with Gasteiger partial charge in [-0.25, -0.2) is 0 Å². The quantitative estimate of drug-likeness (QED) is 0.535. The summed E-state index contributed by atoms with van der Waals surface area (Å²) < 4.78 is 4.44. The molecule has 0 fully saturated rings.